The Hall–Kier alpha value is -1.62. The minimum Gasteiger partial charge on any atom is -0.494 e. The SMILES string of the molecule is CCOc1cccc(NC(=O)C(CC)(CC)C(N)=S)c1. The zero-order valence-corrected chi connectivity index (χ0v) is 13.0. The lowest BCUT2D eigenvalue weighted by Gasteiger charge is -2.28. The van der Waals surface area contributed by atoms with Gasteiger partial charge in [-0.3, -0.25) is 4.79 Å². The van der Waals surface area contributed by atoms with Crippen molar-refractivity contribution in [3.8, 4) is 5.75 Å². The lowest BCUT2D eigenvalue weighted by molar-refractivity contribution is -0.122. The summed E-state index contributed by atoms with van der Waals surface area (Å²) in [5, 5.41) is 2.88. The van der Waals surface area contributed by atoms with E-state index in [9.17, 15) is 4.79 Å². The third kappa shape index (κ3) is 3.48. The minimum atomic E-state index is -0.795. The van der Waals surface area contributed by atoms with Gasteiger partial charge in [0.25, 0.3) is 0 Å². The first-order valence-electron chi connectivity index (χ1n) is 6.84. The molecule has 1 rings (SSSR count). The first-order chi connectivity index (χ1) is 9.50. The molecule has 1 aromatic carbocycles. The molecule has 0 saturated heterocycles. The highest BCUT2D eigenvalue weighted by atomic mass is 32.1. The van der Waals surface area contributed by atoms with Crippen LogP contribution in [0.3, 0.4) is 0 Å². The summed E-state index contributed by atoms with van der Waals surface area (Å²) in [4.78, 5) is 12.7. The van der Waals surface area contributed by atoms with Crippen LogP contribution in [0.1, 0.15) is 33.6 Å². The van der Waals surface area contributed by atoms with Crippen LogP contribution in [0.15, 0.2) is 24.3 Å². The lowest BCUT2D eigenvalue weighted by Crippen LogP contribution is -2.45. The summed E-state index contributed by atoms with van der Waals surface area (Å²) in [6.45, 7) is 6.33. The van der Waals surface area contributed by atoms with Crippen LogP contribution in [0.25, 0.3) is 0 Å². The first kappa shape index (κ1) is 16.4. The number of hydrogen-bond donors (Lipinski definition) is 2. The topological polar surface area (TPSA) is 64.3 Å². The Morgan fingerprint density at radius 1 is 1.35 bits per heavy atom. The van der Waals surface area contributed by atoms with Gasteiger partial charge in [0.1, 0.15) is 5.75 Å². The van der Waals surface area contributed by atoms with Crippen LogP contribution in [0.4, 0.5) is 5.69 Å². The van der Waals surface area contributed by atoms with E-state index in [0.29, 0.717) is 25.1 Å². The molecule has 0 spiro atoms. The Bertz CT molecular complexity index is 485. The fraction of sp³-hybridized carbons (Fsp3) is 0.467. The molecule has 0 aromatic heterocycles. The van der Waals surface area contributed by atoms with Gasteiger partial charge < -0.3 is 15.8 Å². The molecule has 1 amide bonds. The molecule has 20 heavy (non-hydrogen) atoms. The number of thiocarbonyl (C=S) groups is 1. The largest absolute Gasteiger partial charge is 0.494 e. The second-order valence-electron chi connectivity index (χ2n) is 4.57. The molecule has 0 aliphatic rings. The van der Waals surface area contributed by atoms with Crippen LogP contribution in [-0.4, -0.2) is 17.5 Å². The quantitative estimate of drug-likeness (QED) is 0.758. The maximum Gasteiger partial charge on any atom is 0.237 e. The summed E-state index contributed by atoms with van der Waals surface area (Å²) in [5.41, 5.74) is 5.66. The fourth-order valence-electron chi connectivity index (χ4n) is 2.11. The zero-order chi connectivity index (χ0) is 15.2. The van der Waals surface area contributed by atoms with Gasteiger partial charge in [0.2, 0.25) is 5.91 Å². The molecule has 0 aliphatic carbocycles. The standard InChI is InChI=1S/C15H22N2O2S/c1-4-15(5-2,13(16)20)14(18)17-11-8-7-9-12(10-11)19-6-3/h7-10H,4-6H2,1-3H3,(H2,16,20)(H,17,18). The molecule has 0 atom stereocenters. The Balaban J connectivity index is 2.94. The van der Waals surface area contributed by atoms with E-state index < -0.39 is 5.41 Å². The molecule has 1 aromatic rings. The highest BCUT2D eigenvalue weighted by molar-refractivity contribution is 7.80. The number of nitrogens with one attached hydrogen (secondary N) is 1. The van der Waals surface area contributed by atoms with Gasteiger partial charge in [0, 0.05) is 11.8 Å². The molecular weight excluding hydrogens is 272 g/mol. The summed E-state index contributed by atoms with van der Waals surface area (Å²) in [5.74, 6) is 0.558. The Kier molecular flexibility index (Phi) is 5.95. The van der Waals surface area contributed by atoms with Crippen molar-refractivity contribution in [2.75, 3.05) is 11.9 Å². The van der Waals surface area contributed by atoms with Gasteiger partial charge in [0.05, 0.1) is 17.0 Å². The molecule has 0 unspecified atom stereocenters. The number of rotatable bonds is 7. The van der Waals surface area contributed by atoms with E-state index in [4.69, 9.17) is 22.7 Å². The highest BCUT2D eigenvalue weighted by Crippen LogP contribution is 2.29. The first-order valence-corrected chi connectivity index (χ1v) is 7.25. The molecular formula is C15H22N2O2S. The summed E-state index contributed by atoms with van der Waals surface area (Å²) < 4.78 is 5.41. The molecule has 0 aliphatic heterocycles. The van der Waals surface area contributed by atoms with Gasteiger partial charge in [-0.25, -0.2) is 0 Å². The Morgan fingerprint density at radius 2 is 2.00 bits per heavy atom. The van der Waals surface area contributed by atoms with E-state index in [-0.39, 0.29) is 10.9 Å². The predicted octanol–water partition coefficient (Wildman–Crippen LogP) is 3.12. The van der Waals surface area contributed by atoms with E-state index in [1.54, 1.807) is 6.07 Å². The lowest BCUT2D eigenvalue weighted by atomic mass is 9.81. The number of carbonyl (C=O) groups excluding carboxylic acids is 1. The molecule has 0 bridgehead atoms. The fourth-order valence-corrected chi connectivity index (χ4v) is 2.49. The smallest absolute Gasteiger partial charge is 0.237 e. The van der Waals surface area contributed by atoms with E-state index in [2.05, 4.69) is 5.32 Å². The van der Waals surface area contributed by atoms with Crippen molar-refractivity contribution < 1.29 is 9.53 Å². The third-order valence-corrected chi connectivity index (χ3v) is 3.91. The summed E-state index contributed by atoms with van der Waals surface area (Å²) in [7, 11) is 0. The number of ether oxygens (including phenoxy) is 1. The van der Waals surface area contributed by atoms with Gasteiger partial charge in [-0.2, -0.15) is 0 Å². The number of anilines is 1. The van der Waals surface area contributed by atoms with Gasteiger partial charge in [-0.15, -0.1) is 0 Å². The second-order valence-corrected chi connectivity index (χ2v) is 5.01. The van der Waals surface area contributed by atoms with Crippen molar-refractivity contribution in [3.63, 3.8) is 0 Å². The predicted molar refractivity (Wildman–Crippen MR) is 86.0 cm³/mol. The van der Waals surface area contributed by atoms with Crippen LogP contribution in [-0.2, 0) is 4.79 Å². The number of carbonyl (C=O) groups is 1. The van der Waals surface area contributed by atoms with E-state index in [1.807, 2.05) is 39.0 Å². The molecule has 0 fully saturated rings. The number of benzene rings is 1. The summed E-state index contributed by atoms with van der Waals surface area (Å²) >= 11 is 5.08. The third-order valence-electron chi connectivity index (χ3n) is 3.52. The monoisotopic (exact) mass is 294 g/mol. The summed E-state index contributed by atoms with van der Waals surface area (Å²) in [6.07, 6.45) is 1.16. The maximum absolute atomic E-state index is 12.5. The molecule has 5 heteroatoms. The van der Waals surface area contributed by atoms with Crippen LogP contribution < -0.4 is 15.8 Å². The average Bonchev–Trinajstić information content (AvgIpc) is 2.41. The van der Waals surface area contributed by atoms with Crippen molar-refractivity contribution in [3.05, 3.63) is 24.3 Å². The van der Waals surface area contributed by atoms with E-state index >= 15 is 0 Å². The summed E-state index contributed by atoms with van der Waals surface area (Å²) in [6, 6.07) is 7.29. The van der Waals surface area contributed by atoms with Gasteiger partial charge in [0.15, 0.2) is 0 Å². The van der Waals surface area contributed by atoms with Crippen molar-refractivity contribution >= 4 is 28.8 Å². The number of nitrogens with two attached hydrogens (primary N) is 1. The zero-order valence-electron chi connectivity index (χ0n) is 12.2. The van der Waals surface area contributed by atoms with Crippen LogP contribution in [0, 0.1) is 5.41 Å². The highest BCUT2D eigenvalue weighted by Gasteiger charge is 2.38. The van der Waals surface area contributed by atoms with Crippen LogP contribution >= 0.6 is 12.2 Å². The van der Waals surface area contributed by atoms with Crippen LogP contribution in [0.2, 0.25) is 0 Å². The van der Waals surface area contributed by atoms with E-state index in [0.717, 1.165) is 5.75 Å². The Labute approximate surface area is 125 Å². The van der Waals surface area contributed by atoms with Gasteiger partial charge >= 0.3 is 0 Å². The Morgan fingerprint density at radius 3 is 2.50 bits per heavy atom. The van der Waals surface area contributed by atoms with Crippen molar-refractivity contribution in [1.29, 1.82) is 0 Å². The molecule has 0 radical (unpaired) electrons. The molecule has 3 N–H and O–H groups in total. The van der Waals surface area contributed by atoms with Gasteiger partial charge in [-0.05, 0) is 31.9 Å². The van der Waals surface area contributed by atoms with E-state index in [1.165, 1.54) is 0 Å². The molecule has 110 valence electrons. The normalized spacial score (nSPS) is 10.9. The molecule has 0 heterocycles. The number of hydrogen-bond acceptors (Lipinski definition) is 3. The maximum atomic E-state index is 12.5. The number of amides is 1. The molecule has 4 nitrogen and oxygen atoms in total. The van der Waals surface area contributed by atoms with Crippen molar-refractivity contribution in [1.82, 2.24) is 0 Å². The van der Waals surface area contributed by atoms with Crippen LogP contribution in [0.5, 0.6) is 5.75 Å². The average molecular weight is 294 g/mol. The molecule has 0 saturated carbocycles. The van der Waals surface area contributed by atoms with Gasteiger partial charge in [-0.1, -0.05) is 32.1 Å². The second kappa shape index (κ2) is 7.24. The van der Waals surface area contributed by atoms with Crippen molar-refractivity contribution in [2.24, 2.45) is 11.1 Å². The minimum absolute atomic E-state index is 0.163. The van der Waals surface area contributed by atoms with Crippen molar-refractivity contribution in [2.45, 2.75) is 33.6 Å².